The van der Waals surface area contributed by atoms with Crippen LogP contribution in [-0.2, 0) is 10.4 Å². The van der Waals surface area contributed by atoms with Crippen LogP contribution in [0.1, 0.15) is 11.8 Å². The van der Waals surface area contributed by atoms with Crippen LogP contribution in [0.2, 0.25) is 0 Å². The fourth-order valence-electron chi connectivity index (χ4n) is 2.32. The van der Waals surface area contributed by atoms with Crippen molar-refractivity contribution in [1.82, 2.24) is 20.4 Å². The number of benzene rings is 1. The summed E-state index contributed by atoms with van der Waals surface area (Å²) in [7, 11) is 0. The number of hydrogen-bond acceptors (Lipinski definition) is 7. The van der Waals surface area contributed by atoms with Crippen LogP contribution in [-0.4, -0.2) is 15.0 Å². The van der Waals surface area contributed by atoms with E-state index in [4.69, 9.17) is 9.57 Å². The number of nitrogens with zero attached hydrogens (tertiary/aromatic N) is 3. The van der Waals surface area contributed by atoms with Gasteiger partial charge in [-0.05, 0) is 6.92 Å². The van der Waals surface area contributed by atoms with Crippen molar-refractivity contribution in [3.63, 3.8) is 0 Å². The van der Waals surface area contributed by atoms with E-state index >= 15 is 0 Å². The van der Waals surface area contributed by atoms with Crippen LogP contribution in [0.4, 0.5) is 0 Å². The summed E-state index contributed by atoms with van der Waals surface area (Å²) in [4.78, 5) is 19.0. The lowest BCUT2D eigenvalue weighted by Crippen LogP contribution is -2.22. The number of ether oxygens (including phenoxy) is 1. The lowest BCUT2D eigenvalue weighted by atomic mass is 10.1. The molecule has 7 heteroatoms. The quantitative estimate of drug-likeness (QED) is 0.787. The molecule has 2 aromatic heterocycles. The maximum atomic E-state index is 5.72. The van der Waals surface area contributed by atoms with E-state index in [1.165, 1.54) is 6.33 Å². The molecule has 3 aromatic rings. The van der Waals surface area contributed by atoms with Gasteiger partial charge in [-0.25, -0.2) is 20.4 Å². The molecule has 0 bridgehead atoms. The second-order valence-electron chi connectivity index (χ2n) is 5.39. The Morgan fingerprint density at radius 3 is 2.71 bits per heavy atom. The summed E-state index contributed by atoms with van der Waals surface area (Å²) in [5.74, 6) is 1.04. The fourth-order valence-corrected chi connectivity index (χ4v) is 3.30. The third-order valence-corrected chi connectivity index (χ3v) is 4.82. The van der Waals surface area contributed by atoms with E-state index in [-0.39, 0.29) is 0 Å². The molecule has 0 saturated heterocycles. The lowest BCUT2D eigenvalue weighted by Gasteiger charge is -2.16. The lowest BCUT2D eigenvalue weighted by molar-refractivity contribution is -0.0381. The number of nitrogens with one attached hydrogen (secondary N) is 1. The number of hydrogen-bond donors (Lipinski definition) is 1. The molecule has 120 valence electrons. The smallest absolute Gasteiger partial charge is 0.216 e. The van der Waals surface area contributed by atoms with Crippen molar-refractivity contribution in [2.24, 2.45) is 0 Å². The average Bonchev–Trinajstić information content (AvgIpc) is 3.25. The molecule has 1 aliphatic heterocycles. The fraction of sp³-hybridized carbons (Fsp3) is 0.118. The largest absolute Gasteiger partial charge is 0.436 e. The summed E-state index contributed by atoms with van der Waals surface area (Å²) in [6, 6.07) is 10.1. The Bertz CT molecular complexity index is 867. The molecule has 0 saturated carbocycles. The molecule has 0 amide bonds. The van der Waals surface area contributed by atoms with E-state index in [0.717, 1.165) is 15.4 Å². The van der Waals surface area contributed by atoms with Gasteiger partial charge in [0.05, 0.1) is 17.3 Å². The summed E-state index contributed by atoms with van der Waals surface area (Å²) in [5, 5.41) is 0.953. The molecular weight excluding hydrogens is 324 g/mol. The van der Waals surface area contributed by atoms with Gasteiger partial charge in [-0.15, -0.1) is 11.3 Å². The van der Waals surface area contributed by atoms with Gasteiger partial charge < -0.3 is 4.74 Å². The summed E-state index contributed by atoms with van der Waals surface area (Å²) in [6.45, 7) is 1.96. The van der Waals surface area contributed by atoms with Crippen molar-refractivity contribution in [2.45, 2.75) is 12.5 Å². The van der Waals surface area contributed by atoms with Crippen molar-refractivity contribution in [3.8, 4) is 16.3 Å². The van der Waals surface area contributed by atoms with E-state index < -0.39 is 5.60 Å². The van der Waals surface area contributed by atoms with Crippen molar-refractivity contribution in [3.05, 3.63) is 72.1 Å². The first-order chi connectivity index (χ1) is 11.7. The second-order valence-corrected chi connectivity index (χ2v) is 6.42. The predicted octanol–water partition coefficient (Wildman–Crippen LogP) is 3.27. The number of aromatic nitrogens is 3. The van der Waals surface area contributed by atoms with E-state index in [0.29, 0.717) is 11.6 Å². The topological polar surface area (TPSA) is 69.2 Å². The minimum atomic E-state index is -0.643. The van der Waals surface area contributed by atoms with Crippen molar-refractivity contribution < 1.29 is 9.57 Å². The Balaban J connectivity index is 1.57. The highest BCUT2D eigenvalue weighted by Gasteiger charge is 2.35. The van der Waals surface area contributed by atoms with Crippen LogP contribution < -0.4 is 10.2 Å². The zero-order chi connectivity index (χ0) is 16.4. The zero-order valence-electron chi connectivity index (χ0n) is 12.8. The van der Waals surface area contributed by atoms with Gasteiger partial charge in [0.25, 0.3) is 0 Å². The molecule has 3 heterocycles. The van der Waals surface area contributed by atoms with Crippen LogP contribution in [0.15, 0.2) is 67.2 Å². The molecule has 24 heavy (non-hydrogen) atoms. The second kappa shape index (κ2) is 6.03. The van der Waals surface area contributed by atoms with Crippen LogP contribution in [0, 0.1) is 0 Å². The molecule has 6 nitrogen and oxygen atoms in total. The molecule has 0 fully saturated rings. The summed E-state index contributed by atoms with van der Waals surface area (Å²) < 4.78 is 5.67. The standard InChI is InChI=1S/C17H14N4O2S/c1-17(7-15(21-23-17)22-13-8-18-11-19-9-13)14-10-20-16(24-14)12-5-3-2-4-6-12/h2-11,21H,1H3/t17-/m0/s1. The van der Waals surface area contributed by atoms with Crippen molar-refractivity contribution in [2.75, 3.05) is 0 Å². The predicted molar refractivity (Wildman–Crippen MR) is 89.9 cm³/mol. The first-order valence-electron chi connectivity index (χ1n) is 7.34. The summed E-state index contributed by atoms with van der Waals surface area (Å²) in [6.07, 6.45) is 8.34. The molecule has 0 aliphatic carbocycles. The highest BCUT2D eigenvalue weighted by molar-refractivity contribution is 7.15. The molecule has 1 atom stereocenters. The van der Waals surface area contributed by atoms with Gasteiger partial charge in [0.1, 0.15) is 11.3 Å². The average molecular weight is 338 g/mol. The van der Waals surface area contributed by atoms with Crippen LogP contribution in [0.25, 0.3) is 10.6 Å². The molecule has 0 unspecified atom stereocenters. The minimum absolute atomic E-state index is 0.502. The minimum Gasteiger partial charge on any atom is -0.436 e. The maximum Gasteiger partial charge on any atom is 0.216 e. The van der Waals surface area contributed by atoms with Gasteiger partial charge in [0.15, 0.2) is 11.4 Å². The van der Waals surface area contributed by atoms with Gasteiger partial charge in [-0.3, -0.25) is 4.84 Å². The van der Waals surface area contributed by atoms with Crippen LogP contribution in [0.5, 0.6) is 5.75 Å². The highest BCUT2D eigenvalue weighted by Crippen LogP contribution is 2.37. The number of hydroxylamine groups is 1. The highest BCUT2D eigenvalue weighted by atomic mass is 32.1. The van der Waals surface area contributed by atoms with E-state index in [9.17, 15) is 0 Å². The number of thiazole rings is 1. The Kier molecular flexibility index (Phi) is 3.72. The Morgan fingerprint density at radius 2 is 1.92 bits per heavy atom. The van der Waals surface area contributed by atoms with Gasteiger partial charge in [-0.1, -0.05) is 30.3 Å². The Morgan fingerprint density at radius 1 is 1.12 bits per heavy atom. The summed E-state index contributed by atoms with van der Waals surface area (Å²) in [5.41, 5.74) is 3.25. The SMILES string of the molecule is C[C@@]1(c2cnc(-c3ccccc3)s2)C=C(Oc2cncnc2)NO1. The normalized spacial score (nSPS) is 19.6. The third-order valence-electron chi connectivity index (χ3n) is 3.55. The molecular formula is C17H14N4O2S. The molecule has 0 radical (unpaired) electrons. The first-order valence-corrected chi connectivity index (χ1v) is 8.16. The van der Waals surface area contributed by atoms with Crippen LogP contribution in [0.3, 0.4) is 0 Å². The summed E-state index contributed by atoms with van der Waals surface area (Å²) >= 11 is 1.59. The van der Waals surface area contributed by atoms with Gasteiger partial charge in [0, 0.05) is 17.8 Å². The molecule has 0 spiro atoms. The number of rotatable bonds is 4. The zero-order valence-corrected chi connectivity index (χ0v) is 13.7. The monoisotopic (exact) mass is 338 g/mol. The molecule has 1 aliphatic rings. The molecule has 4 rings (SSSR count). The first kappa shape index (κ1) is 14.8. The molecule has 1 N–H and O–H groups in total. The Hall–Kier alpha value is -2.77. The maximum absolute atomic E-state index is 5.72. The van der Waals surface area contributed by atoms with Crippen molar-refractivity contribution >= 4 is 11.3 Å². The third kappa shape index (κ3) is 2.86. The van der Waals surface area contributed by atoms with Crippen molar-refractivity contribution in [1.29, 1.82) is 0 Å². The Labute approximate surface area is 142 Å². The van der Waals surface area contributed by atoms with Gasteiger partial charge in [0.2, 0.25) is 5.88 Å². The van der Waals surface area contributed by atoms with Gasteiger partial charge in [-0.2, -0.15) is 0 Å². The van der Waals surface area contributed by atoms with E-state index in [1.54, 1.807) is 23.7 Å². The van der Waals surface area contributed by atoms with E-state index in [2.05, 4.69) is 20.4 Å². The van der Waals surface area contributed by atoms with E-state index in [1.807, 2.05) is 49.5 Å². The van der Waals surface area contributed by atoms with Crippen LogP contribution >= 0.6 is 11.3 Å². The van der Waals surface area contributed by atoms with Gasteiger partial charge >= 0.3 is 0 Å². The molecule has 1 aromatic carbocycles.